The molecule has 1 fully saturated rings. The molecule has 0 aliphatic carbocycles. The van der Waals surface area contributed by atoms with Crippen molar-refractivity contribution in [1.29, 1.82) is 0 Å². The van der Waals surface area contributed by atoms with Crippen LogP contribution in [-0.2, 0) is 4.79 Å². The second kappa shape index (κ2) is 6.69. The molecule has 1 aliphatic rings. The molecule has 1 amide bonds. The lowest BCUT2D eigenvalue weighted by Crippen LogP contribution is -2.48. The molecule has 2 rings (SSSR count). The summed E-state index contributed by atoms with van der Waals surface area (Å²) >= 11 is 5.93. The second-order valence-corrected chi connectivity index (χ2v) is 4.99. The fraction of sp³-hybridized carbons (Fsp3) is 0.667. The van der Waals surface area contributed by atoms with Crippen molar-refractivity contribution in [2.24, 2.45) is 0 Å². The number of hydrogen-bond acceptors (Lipinski definition) is 6. The summed E-state index contributed by atoms with van der Waals surface area (Å²) in [6, 6.07) is 0. The van der Waals surface area contributed by atoms with Crippen LogP contribution in [0.15, 0.2) is 0 Å². The Balaban J connectivity index is 2.05. The molecule has 1 saturated heterocycles. The highest BCUT2D eigenvalue weighted by Gasteiger charge is 2.21. The molecule has 1 aromatic rings. The van der Waals surface area contributed by atoms with Crippen molar-refractivity contribution in [3.63, 3.8) is 0 Å². The van der Waals surface area contributed by atoms with Gasteiger partial charge in [0.05, 0.1) is 0 Å². The molecule has 0 atom stereocenters. The average molecular weight is 299 g/mol. The number of hydrogen-bond donors (Lipinski definition) is 1. The van der Waals surface area contributed by atoms with Crippen LogP contribution < -0.4 is 10.2 Å². The maximum absolute atomic E-state index is 11.3. The molecule has 0 radical (unpaired) electrons. The van der Waals surface area contributed by atoms with Crippen LogP contribution in [0.3, 0.4) is 0 Å². The van der Waals surface area contributed by atoms with Crippen LogP contribution in [0.2, 0.25) is 5.28 Å². The third kappa shape index (κ3) is 3.69. The summed E-state index contributed by atoms with van der Waals surface area (Å²) < 4.78 is 0. The van der Waals surface area contributed by atoms with Gasteiger partial charge in [0.15, 0.2) is 0 Å². The van der Waals surface area contributed by atoms with Crippen molar-refractivity contribution in [2.75, 3.05) is 42.9 Å². The number of amides is 1. The topological polar surface area (TPSA) is 74.2 Å². The normalized spacial score (nSPS) is 15.3. The van der Waals surface area contributed by atoms with E-state index in [-0.39, 0.29) is 11.2 Å². The minimum atomic E-state index is 0.101. The molecule has 1 aromatic heterocycles. The Labute approximate surface area is 123 Å². The van der Waals surface area contributed by atoms with Crippen molar-refractivity contribution < 1.29 is 4.79 Å². The van der Waals surface area contributed by atoms with Gasteiger partial charge in [0, 0.05) is 39.6 Å². The van der Waals surface area contributed by atoms with Gasteiger partial charge >= 0.3 is 0 Å². The standard InChI is InChI=1S/C12H19ClN6O/c1-3-4-14-11-15-10(13)16-12(17-11)19-7-5-18(6-8-19)9(2)20/h3-8H2,1-2H3,(H,14,15,16,17). The van der Waals surface area contributed by atoms with Gasteiger partial charge in [0.2, 0.25) is 23.1 Å². The Bertz CT molecular complexity index is 475. The molecule has 1 N–H and O–H groups in total. The largest absolute Gasteiger partial charge is 0.354 e. The summed E-state index contributed by atoms with van der Waals surface area (Å²) in [6.45, 7) is 7.20. The maximum atomic E-state index is 11.3. The van der Waals surface area contributed by atoms with E-state index in [0.717, 1.165) is 13.0 Å². The summed E-state index contributed by atoms with van der Waals surface area (Å²) in [6.07, 6.45) is 0.982. The van der Waals surface area contributed by atoms with Gasteiger partial charge in [-0.25, -0.2) is 0 Å². The SMILES string of the molecule is CCCNc1nc(Cl)nc(N2CCN(C(C)=O)CC2)n1. The molecule has 0 unspecified atom stereocenters. The highest BCUT2D eigenvalue weighted by Crippen LogP contribution is 2.15. The zero-order valence-electron chi connectivity index (χ0n) is 11.8. The van der Waals surface area contributed by atoms with Crippen LogP contribution in [0, 0.1) is 0 Å². The number of carbonyl (C=O) groups excluding carboxylic acids is 1. The number of carbonyl (C=O) groups is 1. The predicted molar refractivity (Wildman–Crippen MR) is 78.1 cm³/mol. The van der Waals surface area contributed by atoms with E-state index in [1.165, 1.54) is 0 Å². The number of piperazine rings is 1. The summed E-state index contributed by atoms with van der Waals surface area (Å²) in [7, 11) is 0. The molecule has 0 saturated carbocycles. The van der Waals surface area contributed by atoms with Gasteiger partial charge in [-0.15, -0.1) is 0 Å². The first-order valence-electron chi connectivity index (χ1n) is 6.76. The highest BCUT2D eigenvalue weighted by molar-refractivity contribution is 6.28. The lowest BCUT2D eigenvalue weighted by Gasteiger charge is -2.34. The van der Waals surface area contributed by atoms with Crippen LogP contribution in [0.1, 0.15) is 20.3 Å². The Morgan fingerprint density at radius 1 is 1.25 bits per heavy atom. The lowest BCUT2D eigenvalue weighted by molar-refractivity contribution is -0.129. The number of halogens is 1. The van der Waals surface area contributed by atoms with E-state index in [1.807, 2.05) is 9.80 Å². The number of aromatic nitrogens is 3. The third-order valence-corrected chi connectivity index (χ3v) is 3.31. The zero-order valence-corrected chi connectivity index (χ0v) is 12.5. The van der Waals surface area contributed by atoms with Crippen LogP contribution >= 0.6 is 11.6 Å². The Morgan fingerprint density at radius 3 is 2.55 bits per heavy atom. The molecule has 0 bridgehead atoms. The average Bonchev–Trinajstić information content (AvgIpc) is 2.44. The van der Waals surface area contributed by atoms with Crippen molar-refractivity contribution >= 4 is 29.4 Å². The second-order valence-electron chi connectivity index (χ2n) is 4.65. The van der Waals surface area contributed by atoms with Crippen LogP contribution in [-0.4, -0.2) is 58.5 Å². The van der Waals surface area contributed by atoms with Gasteiger partial charge in [-0.1, -0.05) is 6.92 Å². The molecule has 7 nitrogen and oxygen atoms in total. The molecule has 2 heterocycles. The van der Waals surface area contributed by atoms with E-state index >= 15 is 0 Å². The Morgan fingerprint density at radius 2 is 1.95 bits per heavy atom. The van der Waals surface area contributed by atoms with Gasteiger partial charge in [-0.05, 0) is 18.0 Å². The third-order valence-electron chi connectivity index (χ3n) is 3.14. The van der Waals surface area contributed by atoms with Crippen LogP contribution in [0.4, 0.5) is 11.9 Å². The van der Waals surface area contributed by atoms with E-state index in [9.17, 15) is 4.79 Å². The quantitative estimate of drug-likeness (QED) is 0.894. The molecular weight excluding hydrogens is 280 g/mol. The van der Waals surface area contributed by atoms with Crippen molar-refractivity contribution in [2.45, 2.75) is 20.3 Å². The molecular formula is C12H19ClN6O. The maximum Gasteiger partial charge on any atom is 0.231 e. The van der Waals surface area contributed by atoms with E-state index in [0.29, 0.717) is 38.1 Å². The first-order valence-corrected chi connectivity index (χ1v) is 7.14. The first kappa shape index (κ1) is 14.8. The monoisotopic (exact) mass is 298 g/mol. The number of nitrogens with zero attached hydrogens (tertiary/aromatic N) is 5. The fourth-order valence-electron chi connectivity index (χ4n) is 2.02. The lowest BCUT2D eigenvalue weighted by atomic mass is 10.3. The molecule has 110 valence electrons. The smallest absolute Gasteiger partial charge is 0.231 e. The van der Waals surface area contributed by atoms with Crippen LogP contribution in [0.25, 0.3) is 0 Å². The molecule has 0 spiro atoms. The van der Waals surface area contributed by atoms with E-state index in [2.05, 4.69) is 27.2 Å². The van der Waals surface area contributed by atoms with Crippen molar-refractivity contribution in [3.05, 3.63) is 5.28 Å². The van der Waals surface area contributed by atoms with Crippen molar-refractivity contribution in [3.8, 4) is 0 Å². The summed E-state index contributed by atoms with van der Waals surface area (Å²) in [5.41, 5.74) is 0. The highest BCUT2D eigenvalue weighted by atomic mass is 35.5. The number of rotatable bonds is 4. The minimum absolute atomic E-state index is 0.101. The predicted octanol–water partition coefficient (Wildman–Crippen LogP) is 1.02. The van der Waals surface area contributed by atoms with Gasteiger partial charge in [0.1, 0.15) is 0 Å². The van der Waals surface area contributed by atoms with Gasteiger partial charge < -0.3 is 15.1 Å². The number of nitrogens with one attached hydrogen (secondary N) is 1. The summed E-state index contributed by atoms with van der Waals surface area (Å²) in [5, 5.41) is 3.29. The van der Waals surface area contributed by atoms with E-state index < -0.39 is 0 Å². The first-order chi connectivity index (χ1) is 9.60. The Kier molecular flexibility index (Phi) is 4.94. The summed E-state index contributed by atoms with van der Waals surface area (Å²) in [5.74, 6) is 1.16. The minimum Gasteiger partial charge on any atom is -0.354 e. The molecule has 1 aliphatic heterocycles. The van der Waals surface area contributed by atoms with E-state index in [4.69, 9.17) is 11.6 Å². The molecule has 8 heteroatoms. The van der Waals surface area contributed by atoms with Crippen molar-refractivity contribution in [1.82, 2.24) is 19.9 Å². The van der Waals surface area contributed by atoms with Gasteiger partial charge in [0.25, 0.3) is 0 Å². The molecule has 0 aromatic carbocycles. The zero-order chi connectivity index (χ0) is 14.5. The van der Waals surface area contributed by atoms with E-state index in [1.54, 1.807) is 6.92 Å². The Hall–Kier alpha value is -1.63. The number of anilines is 2. The van der Waals surface area contributed by atoms with Gasteiger partial charge in [-0.2, -0.15) is 15.0 Å². The van der Waals surface area contributed by atoms with Crippen LogP contribution in [0.5, 0.6) is 0 Å². The molecule has 20 heavy (non-hydrogen) atoms. The summed E-state index contributed by atoms with van der Waals surface area (Å²) in [4.78, 5) is 27.7. The fourth-order valence-corrected chi connectivity index (χ4v) is 2.17. The van der Waals surface area contributed by atoms with Gasteiger partial charge in [-0.3, -0.25) is 4.79 Å².